The van der Waals surface area contributed by atoms with Crippen LogP contribution in [-0.2, 0) is 0 Å². The van der Waals surface area contributed by atoms with Crippen LogP contribution in [0.1, 0.15) is 6.42 Å². The van der Waals surface area contributed by atoms with Gasteiger partial charge in [-0.1, -0.05) is 0 Å². The van der Waals surface area contributed by atoms with Crippen LogP contribution in [0.5, 0.6) is 6.08 Å². The molecule has 0 saturated carbocycles. The predicted octanol–water partition coefficient (Wildman–Crippen LogP) is 1.48. The summed E-state index contributed by atoms with van der Waals surface area (Å²) in [6.07, 6.45) is 1.12. The van der Waals surface area contributed by atoms with Crippen LogP contribution in [-0.4, -0.2) is 29.1 Å². The summed E-state index contributed by atoms with van der Waals surface area (Å²) in [5.74, 6) is 0. The van der Waals surface area contributed by atoms with Crippen LogP contribution in [0.2, 0.25) is 0 Å². The zero-order valence-corrected chi connectivity index (χ0v) is 9.46. The third kappa shape index (κ3) is 2.00. The molecular formula is C11H11N3O4. The SMILES string of the molecule is O=[N+]([O-])c1ccc2oc(O[C@H]3CCNC3)nc2c1. The lowest BCUT2D eigenvalue weighted by atomic mass is 10.3. The molecule has 1 saturated heterocycles. The first-order valence-corrected chi connectivity index (χ1v) is 5.65. The zero-order valence-electron chi connectivity index (χ0n) is 9.46. The van der Waals surface area contributed by atoms with Gasteiger partial charge in [0, 0.05) is 18.7 Å². The number of oxazole rings is 1. The summed E-state index contributed by atoms with van der Waals surface area (Å²) in [4.78, 5) is 14.3. The molecule has 0 bridgehead atoms. The summed E-state index contributed by atoms with van der Waals surface area (Å²) in [6.45, 7) is 1.68. The van der Waals surface area contributed by atoms with Crippen molar-refractivity contribution in [1.29, 1.82) is 0 Å². The lowest BCUT2D eigenvalue weighted by Gasteiger charge is -2.06. The van der Waals surface area contributed by atoms with Gasteiger partial charge in [-0.2, -0.15) is 4.98 Å². The van der Waals surface area contributed by atoms with Crippen LogP contribution in [0.15, 0.2) is 22.6 Å². The minimum Gasteiger partial charge on any atom is -0.445 e. The number of hydrogen-bond acceptors (Lipinski definition) is 6. The Morgan fingerprint density at radius 2 is 2.44 bits per heavy atom. The molecular weight excluding hydrogens is 238 g/mol. The van der Waals surface area contributed by atoms with Crippen molar-refractivity contribution in [3.63, 3.8) is 0 Å². The fraction of sp³-hybridized carbons (Fsp3) is 0.364. The van der Waals surface area contributed by atoms with Crippen LogP contribution in [0.25, 0.3) is 11.1 Å². The van der Waals surface area contributed by atoms with Crippen LogP contribution in [0.4, 0.5) is 5.69 Å². The Morgan fingerprint density at radius 1 is 1.56 bits per heavy atom. The molecule has 94 valence electrons. The molecule has 1 atom stereocenters. The van der Waals surface area contributed by atoms with Crippen LogP contribution in [0.3, 0.4) is 0 Å². The highest BCUT2D eigenvalue weighted by molar-refractivity contribution is 5.75. The van der Waals surface area contributed by atoms with E-state index in [1.54, 1.807) is 0 Å². The van der Waals surface area contributed by atoms with E-state index in [1.165, 1.54) is 18.2 Å². The number of benzene rings is 1. The molecule has 0 unspecified atom stereocenters. The molecule has 7 nitrogen and oxygen atoms in total. The summed E-state index contributed by atoms with van der Waals surface area (Å²) >= 11 is 0. The molecule has 0 spiro atoms. The monoisotopic (exact) mass is 249 g/mol. The largest absolute Gasteiger partial charge is 0.445 e. The second kappa shape index (κ2) is 4.26. The van der Waals surface area contributed by atoms with Crippen LogP contribution in [0, 0.1) is 10.1 Å². The van der Waals surface area contributed by atoms with E-state index < -0.39 is 4.92 Å². The summed E-state index contributed by atoms with van der Waals surface area (Å²) in [5, 5.41) is 13.8. The van der Waals surface area contributed by atoms with E-state index in [-0.39, 0.29) is 17.9 Å². The predicted molar refractivity (Wildman–Crippen MR) is 62.6 cm³/mol. The number of aromatic nitrogens is 1. The zero-order chi connectivity index (χ0) is 12.5. The second-order valence-corrected chi connectivity index (χ2v) is 4.12. The van der Waals surface area contributed by atoms with Gasteiger partial charge >= 0.3 is 6.08 Å². The Bertz CT molecular complexity index is 589. The number of non-ortho nitro benzene ring substituents is 1. The van der Waals surface area contributed by atoms with Crippen LogP contribution >= 0.6 is 0 Å². The number of fused-ring (bicyclic) bond motifs is 1. The average Bonchev–Trinajstić information content (AvgIpc) is 2.96. The van der Waals surface area contributed by atoms with Gasteiger partial charge in [-0.3, -0.25) is 10.1 Å². The van der Waals surface area contributed by atoms with Gasteiger partial charge in [-0.25, -0.2) is 0 Å². The fourth-order valence-electron chi connectivity index (χ4n) is 1.93. The van der Waals surface area contributed by atoms with E-state index in [1.807, 2.05) is 0 Å². The smallest absolute Gasteiger partial charge is 0.394 e. The molecule has 18 heavy (non-hydrogen) atoms. The van der Waals surface area contributed by atoms with Crippen molar-refractivity contribution in [2.45, 2.75) is 12.5 Å². The summed E-state index contributed by atoms with van der Waals surface area (Å²) in [7, 11) is 0. The molecule has 2 aromatic rings. The molecule has 1 N–H and O–H groups in total. The van der Waals surface area contributed by atoms with Crippen molar-refractivity contribution >= 4 is 16.8 Å². The standard InChI is InChI=1S/C11H11N3O4/c15-14(16)7-1-2-10-9(5-7)13-11(18-10)17-8-3-4-12-6-8/h1-2,5,8,12H,3-4,6H2/t8-/m0/s1. The Morgan fingerprint density at radius 3 is 3.17 bits per heavy atom. The van der Waals surface area contributed by atoms with E-state index in [0.717, 1.165) is 19.5 Å². The molecule has 2 heterocycles. The first-order chi connectivity index (χ1) is 8.72. The van der Waals surface area contributed by atoms with Crippen molar-refractivity contribution < 1.29 is 14.1 Å². The number of nitrogens with one attached hydrogen (secondary N) is 1. The maximum absolute atomic E-state index is 10.6. The van der Waals surface area contributed by atoms with Crippen molar-refractivity contribution in [1.82, 2.24) is 10.3 Å². The van der Waals surface area contributed by atoms with Crippen molar-refractivity contribution in [3.05, 3.63) is 28.3 Å². The summed E-state index contributed by atoms with van der Waals surface area (Å²) in [6, 6.07) is 4.28. The number of nitro benzene ring substituents is 1. The summed E-state index contributed by atoms with van der Waals surface area (Å²) < 4.78 is 10.9. The molecule has 0 amide bonds. The lowest BCUT2D eigenvalue weighted by Crippen LogP contribution is -2.19. The first-order valence-electron chi connectivity index (χ1n) is 5.65. The number of nitro groups is 1. The van der Waals surface area contributed by atoms with Crippen LogP contribution < -0.4 is 10.1 Å². The Labute approximate surface area is 102 Å². The molecule has 0 radical (unpaired) electrons. The van der Waals surface area contributed by atoms with Gasteiger partial charge in [0.1, 0.15) is 11.6 Å². The van der Waals surface area contributed by atoms with Crippen molar-refractivity contribution in [3.8, 4) is 6.08 Å². The Hall–Kier alpha value is -2.15. The van der Waals surface area contributed by atoms with Gasteiger partial charge in [-0.05, 0) is 19.0 Å². The third-order valence-electron chi connectivity index (χ3n) is 2.84. The number of hydrogen-bond donors (Lipinski definition) is 1. The molecule has 1 aliphatic rings. The summed E-state index contributed by atoms with van der Waals surface area (Å²) in [5.41, 5.74) is 0.914. The highest BCUT2D eigenvalue weighted by Gasteiger charge is 2.19. The maximum Gasteiger partial charge on any atom is 0.394 e. The van der Waals surface area contributed by atoms with Crippen molar-refractivity contribution in [2.24, 2.45) is 0 Å². The lowest BCUT2D eigenvalue weighted by molar-refractivity contribution is -0.384. The quantitative estimate of drug-likeness (QED) is 0.654. The fourth-order valence-corrected chi connectivity index (χ4v) is 1.93. The van der Waals surface area contributed by atoms with E-state index in [2.05, 4.69) is 10.3 Å². The topological polar surface area (TPSA) is 90.4 Å². The molecule has 0 aliphatic carbocycles. The minimum absolute atomic E-state index is 0.00937. The maximum atomic E-state index is 10.6. The van der Waals surface area contributed by atoms with Gasteiger partial charge in [0.15, 0.2) is 5.58 Å². The van der Waals surface area contributed by atoms with Gasteiger partial charge in [0.2, 0.25) is 0 Å². The van der Waals surface area contributed by atoms with E-state index in [4.69, 9.17) is 9.15 Å². The molecule has 1 aromatic heterocycles. The number of rotatable bonds is 3. The number of nitrogens with zero attached hydrogens (tertiary/aromatic N) is 2. The van der Waals surface area contributed by atoms with E-state index in [0.29, 0.717) is 11.1 Å². The first kappa shape index (κ1) is 11.0. The molecule has 1 aliphatic heterocycles. The molecule has 3 rings (SSSR count). The van der Waals surface area contributed by atoms with Gasteiger partial charge in [0.05, 0.1) is 4.92 Å². The molecule has 1 aromatic carbocycles. The minimum atomic E-state index is -0.463. The van der Waals surface area contributed by atoms with Gasteiger partial charge < -0.3 is 14.5 Å². The third-order valence-corrected chi connectivity index (χ3v) is 2.84. The second-order valence-electron chi connectivity index (χ2n) is 4.12. The Kier molecular flexibility index (Phi) is 2.60. The number of ether oxygens (including phenoxy) is 1. The highest BCUT2D eigenvalue weighted by Crippen LogP contribution is 2.25. The van der Waals surface area contributed by atoms with Gasteiger partial charge in [0.25, 0.3) is 5.69 Å². The average molecular weight is 249 g/mol. The Balaban J connectivity index is 1.87. The van der Waals surface area contributed by atoms with E-state index in [9.17, 15) is 10.1 Å². The van der Waals surface area contributed by atoms with Gasteiger partial charge in [-0.15, -0.1) is 0 Å². The highest BCUT2D eigenvalue weighted by atomic mass is 16.6. The normalized spacial score (nSPS) is 19.2. The van der Waals surface area contributed by atoms with E-state index >= 15 is 0 Å². The van der Waals surface area contributed by atoms with Crippen molar-refractivity contribution in [2.75, 3.05) is 13.1 Å². The molecule has 7 heteroatoms. The molecule has 1 fully saturated rings.